The monoisotopic (exact) mass is 685 g/mol. The standard InChI is InChI=1S/C52H47N/c1-50(2,3)37-25-23-34(24-26-37)35-15-14-16-36(31-35)40-17-10-13-22-49(40)53(38-27-29-43-41-18-8-11-20-45(41)51(4,5)47(43)32-38)39-28-30-44-42-19-9-12-21-46(42)52(6,7)48(44)33-39/h8-33H,1-7H3. The maximum Gasteiger partial charge on any atom is 0.0540 e. The van der Waals surface area contributed by atoms with E-state index in [1.807, 2.05) is 0 Å². The molecule has 0 aromatic heterocycles. The highest BCUT2D eigenvalue weighted by atomic mass is 15.1. The molecule has 9 rings (SSSR count). The zero-order valence-electron chi connectivity index (χ0n) is 32.0. The van der Waals surface area contributed by atoms with Gasteiger partial charge in [-0.2, -0.15) is 0 Å². The molecule has 0 amide bonds. The van der Waals surface area contributed by atoms with Crippen molar-refractivity contribution < 1.29 is 0 Å². The van der Waals surface area contributed by atoms with Gasteiger partial charge in [-0.15, -0.1) is 0 Å². The van der Waals surface area contributed by atoms with E-state index in [0.29, 0.717) is 0 Å². The van der Waals surface area contributed by atoms with Crippen molar-refractivity contribution in [2.24, 2.45) is 0 Å². The Bertz CT molecular complexity index is 2430. The van der Waals surface area contributed by atoms with E-state index in [1.54, 1.807) is 0 Å². The molecular formula is C52H47N. The fourth-order valence-corrected chi connectivity index (χ4v) is 9.03. The van der Waals surface area contributed by atoms with Gasteiger partial charge in [-0.1, -0.05) is 170 Å². The van der Waals surface area contributed by atoms with E-state index in [1.165, 1.54) is 83.7 Å². The normalized spacial score (nSPS) is 14.6. The number of para-hydroxylation sites is 1. The van der Waals surface area contributed by atoms with E-state index >= 15 is 0 Å². The van der Waals surface area contributed by atoms with Gasteiger partial charge in [0.25, 0.3) is 0 Å². The first-order valence-electron chi connectivity index (χ1n) is 19.0. The highest BCUT2D eigenvalue weighted by molar-refractivity contribution is 5.93. The molecule has 0 unspecified atom stereocenters. The summed E-state index contributed by atoms with van der Waals surface area (Å²) in [5.41, 5.74) is 20.5. The van der Waals surface area contributed by atoms with Crippen LogP contribution in [-0.4, -0.2) is 0 Å². The number of hydrogen-bond acceptors (Lipinski definition) is 1. The summed E-state index contributed by atoms with van der Waals surface area (Å²) in [5.74, 6) is 0. The quantitative estimate of drug-likeness (QED) is 0.174. The lowest BCUT2D eigenvalue weighted by molar-refractivity contribution is 0.590. The predicted octanol–water partition coefficient (Wildman–Crippen LogP) is 14.4. The topological polar surface area (TPSA) is 3.24 Å². The van der Waals surface area contributed by atoms with Crippen LogP contribution in [0.5, 0.6) is 0 Å². The van der Waals surface area contributed by atoms with Gasteiger partial charge >= 0.3 is 0 Å². The van der Waals surface area contributed by atoms with Crippen molar-refractivity contribution in [3.05, 3.63) is 186 Å². The van der Waals surface area contributed by atoms with Crippen LogP contribution in [0.25, 0.3) is 44.5 Å². The Morgan fingerprint density at radius 1 is 0.377 bits per heavy atom. The highest BCUT2D eigenvalue weighted by Crippen LogP contribution is 2.53. The van der Waals surface area contributed by atoms with Gasteiger partial charge in [-0.3, -0.25) is 0 Å². The molecule has 0 radical (unpaired) electrons. The summed E-state index contributed by atoms with van der Waals surface area (Å²) >= 11 is 0. The van der Waals surface area contributed by atoms with Gasteiger partial charge in [0.05, 0.1) is 5.69 Å². The second-order valence-electron chi connectivity index (χ2n) is 17.1. The van der Waals surface area contributed by atoms with Crippen molar-refractivity contribution in [1.82, 2.24) is 0 Å². The minimum atomic E-state index is -0.106. The molecule has 260 valence electrons. The van der Waals surface area contributed by atoms with Crippen LogP contribution in [0.15, 0.2) is 158 Å². The van der Waals surface area contributed by atoms with Crippen LogP contribution < -0.4 is 4.90 Å². The van der Waals surface area contributed by atoms with E-state index in [4.69, 9.17) is 0 Å². The van der Waals surface area contributed by atoms with Crippen molar-refractivity contribution in [2.45, 2.75) is 64.7 Å². The molecule has 7 aromatic carbocycles. The Hall–Kier alpha value is -5.66. The number of nitrogens with zero attached hydrogens (tertiary/aromatic N) is 1. The van der Waals surface area contributed by atoms with Crippen molar-refractivity contribution >= 4 is 17.1 Å². The average molecular weight is 686 g/mol. The van der Waals surface area contributed by atoms with Gasteiger partial charge in [0, 0.05) is 27.8 Å². The first kappa shape index (κ1) is 33.2. The first-order valence-corrected chi connectivity index (χ1v) is 19.0. The van der Waals surface area contributed by atoms with E-state index in [9.17, 15) is 0 Å². The van der Waals surface area contributed by atoms with Crippen molar-refractivity contribution in [2.75, 3.05) is 4.90 Å². The second-order valence-corrected chi connectivity index (χ2v) is 17.1. The minimum Gasteiger partial charge on any atom is -0.310 e. The van der Waals surface area contributed by atoms with Crippen LogP contribution in [0.2, 0.25) is 0 Å². The van der Waals surface area contributed by atoms with Crippen LogP contribution in [0, 0.1) is 0 Å². The molecule has 0 spiro atoms. The molecule has 1 nitrogen and oxygen atoms in total. The molecule has 1 heteroatoms. The summed E-state index contributed by atoms with van der Waals surface area (Å²) in [4.78, 5) is 2.50. The van der Waals surface area contributed by atoms with Crippen LogP contribution in [0.4, 0.5) is 17.1 Å². The summed E-state index contributed by atoms with van der Waals surface area (Å²) in [5, 5.41) is 0. The van der Waals surface area contributed by atoms with Gasteiger partial charge < -0.3 is 4.90 Å². The Balaban J connectivity index is 1.22. The van der Waals surface area contributed by atoms with Crippen molar-refractivity contribution in [3.8, 4) is 44.5 Å². The van der Waals surface area contributed by atoms with Crippen molar-refractivity contribution in [1.29, 1.82) is 0 Å². The summed E-state index contributed by atoms with van der Waals surface area (Å²) in [7, 11) is 0. The molecule has 2 aliphatic carbocycles. The lowest BCUT2D eigenvalue weighted by atomic mass is 9.82. The minimum absolute atomic E-state index is 0.106. The largest absolute Gasteiger partial charge is 0.310 e. The lowest BCUT2D eigenvalue weighted by Crippen LogP contribution is -2.18. The van der Waals surface area contributed by atoms with Crippen LogP contribution >= 0.6 is 0 Å². The Morgan fingerprint density at radius 3 is 1.40 bits per heavy atom. The molecule has 0 aliphatic heterocycles. The molecule has 0 bridgehead atoms. The summed E-state index contributed by atoms with van der Waals surface area (Å²) in [6.07, 6.45) is 0. The fourth-order valence-electron chi connectivity index (χ4n) is 9.03. The van der Waals surface area contributed by atoms with Gasteiger partial charge in [0.15, 0.2) is 0 Å². The Morgan fingerprint density at radius 2 is 0.849 bits per heavy atom. The van der Waals surface area contributed by atoms with Gasteiger partial charge in [-0.05, 0) is 109 Å². The summed E-state index contributed by atoms with van der Waals surface area (Å²) in [6.45, 7) is 16.3. The summed E-state index contributed by atoms with van der Waals surface area (Å²) in [6, 6.07) is 59.2. The molecular weight excluding hydrogens is 639 g/mol. The third kappa shape index (κ3) is 5.28. The third-order valence-electron chi connectivity index (χ3n) is 12.1. The summed E-state index contributed by atoms with van der Waals surface area (Å²) < 4.78 is 0. The molecule has 0 saturated heterocycles. The molecule has 53 heavy (non-hydrogen) atoms. The van der Waals surface area contributed by atoms with Crippen molar-refractivity contribution in [3.63, 3.8) is 0 Å². The number of rotatable bonds is 5. The zero-order valence-corrected chi connectivity index (χ0v) is 32.0. The molecule has 0 heterocycles. The Kier molecular flexibility index (Phi) is 7.48. The molecule has 7 aromatic rings. The number of fused-ring (bicyclic) bond motifs is 6. The van der Waals surface area contributed by atoms with Gasteiger partial charge in [-0.25, -0.2) is 0 Å². The number of benzene rings is 7. The van der Waals surface area contributed by atoms with Gasteiger partial charge in [0.1, 0.15) is 0 Å². The number of anilines is 3. The predicted molar refractivity (Wildman–Crippen MR) is 226 cm³/mol. The van der Waals surface area contributed by atoms with Gasteiger partial charge in [0.2, 0.25) is 0 Å². The van der Waals surface area contributed by atoms with E-state index in [0.717, 1.165) is 5.69 Å². The molecule has 0 fully saturated rings. The second kappa shape index (κ2) is 11.9. The third-order valence-corrected chi connectivity index (χ3v) is 12.1. The Labute approximate surface area is 315 Å². The first-order chi connectivity index (χ1) is 25.4. The highest BCUT2D eigenvalue weighted by Gasteiger charge is 2.38. The molecule has 0 atom stereocenters. The van der Waals surface area contributed by atoms with Crippen LogP contribution in [0.3, 0.4) is 0 Å². The average Bonchev–Trinajstić information content (AvgIpc) is 3.54. The maximum atomic E-state index is 2.50. The molecule has 2 aliphatic rings. The molecule has 0 saturated carbocycles. The van der Waals surface area contributed by atoms with E-state index in [2.05, 4.69) is 211 Å². The van der Waals surface area contributed by atoms with E-state index < -0.39 is 0 Å². The SMILES string of the molecule is CC(C)(C)c1ccc(-c2cccc(-c3ccccc3N(c3ccc4c(c3)C(C)(C)c3ccccc3-4)c3ccc4c(c3)C(C)(C)c3ccccc3-4)c2)cc1. The fraction of sp³-hybridized carbons (Fsp3) is 0.192. The zero-order chi connectivity index (χ0) is 36.7. The maximum absolute atomic E-state index is 2.50. The van der Waals surface area contributed by atoms with Crippen LogP contribution in [0.1, 0.15) is 76.3 Å². The lowest BCUT2D eigenvalue weighted by Gasteiger charge is -2.31. The smallest absolute Gasteiger partial charge is 0.0540 e. The van der Waals surface area contributed by atoms with Crippen LogP contribution in [-0.2, 0) is 16.2 Å². The number of hydrogen-bond donors (Lipinski definition) is 0. The van der Waals surface area contributed by atoms with E-state index in [-0.39, 0.29) is 16.2 Å². The molecule has 0 N–H and O–H groups in total.